The smallest absolute Gasteiger partial charge is 0.337 e. The fourth-order valence-corrected chi connectivity index (χ4v) is 4.10. The summed E-state index contributed by atoms with van der Waals surface area (Å²) in [5.41, 5.74) is 4.25. The molecule has 5 nitrogen and oxygen atoms in total. The Morgan fingerprint density at radius 1 is 1.30 bits per heavy atom. The Labute approximate surface area is 179 Å². The number of hydrogen-bond donors (Lipinski definition) is 1. The van der Waals surface area contributed by atoms with E-state index in [1.54, 1.807) is 0 Å². The zero-order chi connectivity index (χ0) is 22.1. The summed E-state index contributed by atoms with van der Waals surface area (Å²) in [6.45, 7) is 8.34. The summed E-state index contributed by atoms with van der Waals surface area (Å²) in [5.74, 6) is -0.614. The molecule has 0 amide bonds. The Morgan fingerprint density at radius 3 is 2.60 bits per heavy atom. The largest absolute Gasteiger partial charge is 0.479 e. The lowest BCUT2D eigenvalue weighted by Gasteiger charge is -2.27. The molecule has 1 N–H and O–H groups in total. The Balaban J connectivity index is 2.14. The normalized spacial score (nSPS) is 18.2. The second kappa shape index (κ2) is 8.86. The third kappa shape index (κ3) is 5.27. The van der Waals surface area contributed by atoms with Gasteiger partial charge in [0.25, 0.3) is 0 Å². The number of nitrogens with zero attached hydrogens (tertiary/aromatic N) is 2. The van der Waals surface area contributed by atoms with Crippen LogP contribution in [0.3, 0.4) is 0 Å². The lowest BCUT2D eigenvalue weighted by atomic mass is 9.87. The molecule has 0 saturated carbocycles. The molecule has 2 atom stereocenters. The molecule has 2 unspecified atom stereocenters. The van der Waals surface area contributed by atoms with Crippen LogP contribution in [-0.2, 0) is 16.1 Å². The molecule has 2 aromatic rings. The van der Waals surface area contributed by atoms with Gasteiger partial charge in [0.05, 0.1) is 16.8 Å². The third-order valence-corrected chi connectivity index (χ3v) is 5.41. The molecule has 0 radical (unpaired) electrons. The molecular formula is C25H34N2O3. The van der Waals surface area contributed by atoms with Crippen LogP contribution in [0.1, 0.15) is 74.4 Å². The highest BCUT2D eigenvalue weighted by molar-refractivity contribution is 5.84. The van der Waals surface area contributed by atoms with Crippen molar-refractivity contribution in [2.45, 2.75) is 71.1 Å². The highest BCUT2D eigenvalue weighted by Crippen LogP contribution is 2.34. The van der Waals surface area contributed by atoms with E-state index >= 15 is 0 Å². The van der Waals surface area contributed by atoms with E-state index in [4.69, 9.17) is 9.72 Å². The first-order chi connectivity index (χ1) is 14.0. The van der Waals surface area contributed by atoms with Crippen molar-refractivity contribution < 1.29 is 14.6 Å². The maximum Gasteiger partial charge on any atom is 0.337 e. The monoisotopic (exact) mass is 410 g/mol. The second-order valence-electron chi connectivity index (χ2n) is 9.58. The number of carbonyl (C=O) groups is 1. The molecule has 162 valence electrons. The number of aromatic nitrogens is 1. The molecule has 0 saturated heterocycles. The summed E-state index contributed by atoms with van der Waals surface area (Å²) in [5, 5.41) is 10.8. The molecule has 0 fully saturated rings. The Hall–Kier alpha value is -2.24. The first-order valence-electron chi connectivity index (χ1n) is 10.7. The van der Waals surface area contributed by atoms with Crippen LogP contribution in [0.25, 0.3) is 10.9 Å². The van der Waals surface area contributed by atoms with E-state index in [-0.39, 0.29) is 0 Å². The van der Waals surface area contributed by atoms with Crippen LogP contribution in [0.2, 0.25) is 0 Å². The highest BCUT2D eigenvalue weighted by Gasteiger charge is 2.28. The molecule has 1 aromatic heterocycles. The molecule has 5 heteroatoms. The van der Waals surface area contributed by atoms with Crippen molar-refractivity contribution >= 4 is 16.9 Å². The number of aliphatic carboxylic acids is 1. The third-order valence-electron chi connectivity index (χ3n) is 5.41. The van der Waals surface area contributed by atoms with Gasteiger partial charge in [-0.15, -0.1) is 0 Å². The number of carboxylic acids is 1. The van der Waals surface area contributed by atoms with Gasteiger partial charge in [0, 0.05) is 17.8 Å². The number of allylic oxidation sites excluding steroid dienone is 2. The van der Waals surface area contributed by atoms with Crippen molar-refractivity contribution in [3.8, 4) is 0 Å². The van der Waals surface area contributed by atoms with Gasteiger partial charge in [0.2, 0.25) is 0 Å². The van der Waals surface area contributed by atoms with E-state index in [1.165, 1.54) is 12.0 Å². The number of benzene rings is 1. The fraction of sp³-hybridized carbons (Fsp3) is 0.520. The van der Waals surface area contributed by atoms with E-state index in [0.717, 1.165) is 41.5 Å². The average Bonchev–Trinajstić information content (AvgIpc) is 2.65. The van der Waals surface area contributed by atoms with E-state index < -0.39 is 17.7 Å². The molecule has 1 aromatic carbocycles. The second-order valence-corrected chi connectivity index (χ2v) is 9.58. The van der Waals surface area contributed by atoms with Crippen LogP contribution in [0.5, 0.6) is 0 Å². The quantitative estimate of drug-likeness (QED) is 0.649. The zero-order valence-electron chi connectivity index (χ0n) is 19.0. The summed E-state index contributed by atoms with van der Waals surface area (Å²) >= 11 is 0. The van der Waals surface area contributed by atoms with Crippen LogP contribution >= 0.6 is 0 Å². The van der Waals surface area contributed by atoms with Crippen molar-refractivity contribution in [3.05, 3.63) is 52.7 Å². The van der Waals surface area contributed by atoms with Crippen molar-refractivity contribution in [1.82, 2.24) is 9.88 Å². The lowest BCUT2D eigenvalue weighted by molar-refractivity contribution is -0.160. The molecular weight excluding hydrogens is 376 g/mol. The van der Waals surface area contributed by atoms with Crippen molar-refractivity contribution in [2.24, 2.45) is 0 Å². The van der Waals surface area contributed by atoms with Crippen LogP contribution in [0, 0.1) is 6.92 Å². The van der Waals surface area contributed by atoms with E-state index in [9.17, 15) is 9.90 Å². The summed E-state index contributed by atoms with van der Waals surface area (Å²) in [6, 6.07) is 6.16. The molecule has 1 aliphatic carbocycles. The Kier molecular flexibility index (Phi) is 6.63. The van der Waals surface area contributed by atoms with Crippen LogP contribution < -0.4 is 0 Å². The molecule has 30 heavy (non-hydrogen) atoms. The van der Waals surface area contributed by atoms with E-state index in [2.05, 4.69) is 37.2 Å². The van der Waals surface area contributed by atoms with Gasteiger partial charge >= 0.3 is 5.97 Å². The zero-order valence-corrected chi connectivity index (χ0v) is 19.0. The summed E-state index contributed by atoms with van der Waals surface area (Å²) in [4.78, 5) is 19.1. The molecule has 1 heterocycles. The van der Waals surface area contributed by atoms with Crippen molar-refractivity contribution in [2.75, 3.05) is 14.1 Å². The predicted octanol–water partition coefficient (Wildman–Crippen LogP) is 5.37. The minimum atomic E-state index is -1.01. The number of hydrogen-bond acceptors (Lipinski definition) is 4. The fourth-order valence-electron chi connectivity index (χ4n) is 4.10. The van der Waals surface area contributed by atoms with Gasteiger partial charge < -0.3 is 14.7 Å². The number of pyridine rings is 1. The number of rotatable bonds is 6. The number of ether oxygens (including phenoxy) is 1. The van der Waals surface area contributed by atoms with Crippen LogP contribution in [-0.4, -0.2) is 40.7 Å². The van der Waals surface area contributed by atoms with Gasteiger partial charge in [0.15, 0.2) is 6.10 Å². The minimum absolute atomic E-state index is 0.358. The summed E-state index contributed by atoms with van der Waals surface area (Å²) in [6.07, 6.45) is 6.98. The minimum Gasteiger partial charge on any atom is -0.479 e. The maximum atomic E-state index is 12.0. The molecule has 3 rings (SSSR count). The lowest BCUT2D eigenvalue weighted by Crippen LogP contribution is -2.27. The Bertz CT molecular complexity index is 957. The summed E-state index contributed by atoms with van der Waals surface area (Å²) < 4.78 is 5.90. The average molecular weight is 411 g/mol. The molecule has 0 bridgehead atoms. The standard InChI is InChI=1S/C25H34N2O3/c1-16-12-21-18(13-19(16)23(24(28)29)30-25(2,3)4)14-20(17-10-8-7-9-11-17)22(26-21)15-27(5)6/h8,10,12-14,17,23H,7,9,11,15H2,1-6H3,(H,28,29). The van der Waals surface area contributed by atoms with Crippen LogP contribution in [0.15, 0.2) is 30.4 Å². The number of aryl methyl sites for hydroxylation is 1. The number of carboxylic acid groups (broad SMARTS) is 1. The summed E-state index contributed by atoms with van der Waals surface area (Å²) in [7, 11) is 4.12. The van der Waals surface area contributed by atoms with Gasteiger partial charge in [-0.3, -0.25) is 4.98 Å². The van der Waals surface area contributed by atoms with Crippen molar-refractivity contribution in [1.29, 1.82) is 0 Å². The van der Waals surface area contributed by atoms with E-state index in [0.29, 0.717) is 11.5 Å². The highest BCUT2D eigenvalue weighted by atomic mass is 16.5. The van der Waals surface area contributed by atoms with Gasteiger partial charge in [-0.2, -0.15) is 0 Å². The first kappa shape index (κ1) is 22.4. The molecule has 0 aliphatic heterocycles. The Morgan fingerprint density at radius 2 is 2.03 bits per heavy atom. The van der Waals surface area contributed by atoms with Gasteiger partial charge in [-0.25, -0.2) is 4.79 Å². The van der Waals surface area contributed by atoms with Gasteiger partial charge in [-0.1, -0.05) is 12.2 Å². The predicted molar refractivity (Wildman–Crippen MR) is 121 cm³/mol. The van der Waals surface area contributed by atoms with Crippen LogP contribution in [0.4, 0.5) is 0 Å². The topological polar surface area (TPSA) is 62.7 Å². The van der Waals surface area contributed by atoms with E-state index in [1.807, 2.05) is 39.8 Å². The first-order valence-corrected chi connectivity index (χ1v) is 10.7. The molecule has 0 spiro atoms. The number of fused-ring (bicyclic) bond motifs is 1. The SMILES string of the molecule is Cc1cc2nc(CN(C)C)c(C3C=CCCC3)cc2cc1C(OC(C)(C)C)C(=O)O. The maximum absolute atomic E-state index is 12.0. The van der Waals surface area contributed by atoms with Gasteiger partial charge in [-0.05, 0) is 95.9 Å². The van der Waals surface area contributed by atoms with Gasteiger partial charge in [0.1, 0.15) is 0 Å². The molecule has 1 aliphatic rings. The van der Waals surface area contributed by atoms with Crippen molar-refractivity contribution in [3.63, 3.8) is 0 Å².